The number of carbonyl (C=O) groups excluding carboxylic acids is 1. The molecule has 1 spiro atoms. The molecule has 1 heterocycles. The standard InChI is InChI=1S/C12H16O2/c1-3-9-5-6-10(4-2)12(9)8-7-11(13)14-12/h3-4,9-10H,1-2,5-8H2/t9-,10?,12?/m0/s1. The largest absolute Gasteiger partial charge is 0.458 e. The van der Waals surface area contributed by atoms with Gasteiger partial charge in [-0.2, -0.15) is 0 Å². The molecule has 76 valence electrons. The van der Waals surface area contributed by atoms with Gasteiger partial charge in [-0.1, -0.05) is 12.2 Å². The highest BCUT2D eigenvalue weighted by Gasteiger charge is 2.53. The first-order valence-electron chi connectivity index (χ1n) is 5.20. The van der Waals surface area contributed by atoms with Crippen LogP contribution >= 0.6 is 0 Å². The van der Waals surface area contributed by atoms with Gasteiger partial charge in [0.25, 0.3) is 0 Å². The summed E-state index contributed by atoms with van der Waals surface area (Å²) in [5.41, 5.74) is -0.291. The van der Waals surface area contributed by atoms with Crippen LogP contribution in [0, 0.1) is 11.8 Å². The summed E-state index contributed by atoms with van der Waals surface area (Å²) in [6, 6.07) is 0. The molecule has 2 aliphatic rings. The Labute approximate surface area is 84.6 Å². The molecule has 0 aromatic carbocycles. The molecule has 14 heavy (non-hydrogen) atoms. The molecule has 0 amide bonds. The van der Waals surface area contributed by atoms with E-state index >= 15 is 0 Å². The summed E-state index contributed by atoms with van der Waals surface area (Å²) in [5.74, 6) is 0.569. The quantitative estimate of drug-likeness (QED) is 0.496. The van der Waals surface area contributed by atoms with Crippen molar-refractivity contribution in [1.29, 1.82) is 0 Å². The minimum Gasteiger partial charge on any atom is -0.458 e. The lowest BCUT2D eigenvalue weighted by Crippen LogP contribution is -2.37. The van der Waals surface area contributed by atoms with Crippen molar-refractivity contribution in [2.45, 2.75) is 31.3 Å². The van der Waals surface area contributed by atoms with Crippen LogP contribution in [0.1, 0.15) is 25.7 Å². The number of esters is 1. The van der Waals surface area contributed by atoms with E-state index in [9.17, 15) is 4.79 Å². The molecule has 1 saturated carbocycles. The first-order chi connectivity index (χ1) is 6.73. The summed E-state index contributed by atoms with van der Waals surface area (Å²) >= 11 is 0. The predicted molar refractivity (Wildman–Crippen MR) is 54.7 cm³/mol. The molecule has 0 bridgehead atoms. The smallest absolute Gasteiger partial charge is 0.306 e. The summed E-state index contributed by atoms with van der Waals surface area (Å²) in [5, 5.41) is 0. The molecular formula is C12H16O2. The minimum atomic E-state index is -0.291. The van der Waals surface area contributed by atoms with E-state index in [0.717, 1.165) is 19.3 Å². The minimum absolute atomic E-state index is 0.0643. The molecule has 2 fully saturated rings. The van der Waals surface area contributed by atoms with Gasteiger partial charge in [-0.3, -0.25) is 4.79 Å². The van der Waals surface area contributed by atoms with Crippen LogP contribution in [-0.2, 0) is 9.53 Å². The molecule has 1 aliphatic carbocycles. The molecule has 1 saturated heterocycles. The zero-order valence-corrected chi connectivity index (χ0v) is 8.37. The molecule has 0 N–H and O–H groups in total. The van der Waals surface area contributed by atoms with Crippen LogP contribution in [0.4, 0.5) is 0 Å². The molecular weight excluding hydrogens is 176 g/mol. The van der Waals surface area contributed by atoms with Gasteiger partial charge in [0.1, 0.15) is 5.60 Å². The fourth-order valence-corrected chi connectivity index (χ4v) is 2.89. The maximum absolute atomic E-state index is 11.2. The monoisotopic (exact) mass is 192 g/mol. The Morgan fingerprint density at radius 3 is 2.21 bits per heavy atom. The first kappa shape index (κ1) is 9.50. The fourth-order valence-electron chi connectivity index (χ4n) is 2.89. The van der Waals surface area contributed by atoms with Crippen LogP contribution in [0.25, 0.3) is 0 Å². The van der Waals surface area contributed by atoms with Crippen LogP contribution in [-0.4, -0.2) is 11.6 Å². The lowest BCUT2D eigenvalue weighted by atomic mass is 9.82. The second-order valence-corrected chi connectivity index (χ2v) is 4.19. The Morgan fingerprint density at radius 2 is 1.86 bits per heavy atom. The second-order valence-electron chi connectivity index (χ2n) is 4.19. The molecule has 2 unspecified atom stereocenters. The zero-order chi connectivity index (χ0) is 10.2. The molecule has 0 radical (unpaired) electrons. The number of rotatable bonds is 2. The maximum Gasteiger partial charge on any atom is 0.306 e. The SMILES string of the molecule is C=CC1CC[C@H](C=C)C12CCC(=O)O2. The van der Waals surface area contributed by atoms with E-state index in [1.807, 2.05) is 12.2 Å². The normalized spacial score (nSPS) is 41.3. The number of hydrogen-bond donors (Lipinski definition) is 0. The third-order valence-electron chi connectivity index (χ3n) is 3.64. The fraction of sp³-hybridized carbons (Fsp3) is 0.583. The van der Waals surface area contributed by atoms with Crippen LogP contribution in [0.2, 0.25) is 0 Å². The average Bonchev–Trinajstić information content (AvgIpc) is 2.72. The summed E-state index contributed by atoms with van der Waals surface area (Å²) in [6.45, 7) is 7.66. The highest BCUT2D eigenvalue weighted by atomic mass is 16.6. The lowest BCUT2D eigenvalue weighted by Gasteiger charge is -2.32. The summed E-state index contributed by atoms with van der Waals surface area (Å²) < 4.78 is 5.54. The Morgan fingerprint density at radius 1 is 1.29 bits per heavy atom. The van der Waals surface area contributed by atoms with Crippen molar-refractivity contribution in [1.82, 2.24) is 0 Å². The van der Waals surface area contributed by atoms with Gasteiger partial charge in [-0.05, 0) is 19.3 Å². The Balaban J connectivity index is 2.30. The van der Waals surface area contributed by atoms with Crippen molar-refractivity contribution in [3.05, 3.63) is 25.3 Å². The van der Waals surface area contributed by atoms with Crippen molar-refractivity contribution in [3.63, 3.8) is 0 Å². The van der Waals surface area contributed by atoms with E-state index < -0.39 is 0 Å². The van der Waals surface area contributed by atoms with Crippen molar-refractivity contribution in [2.75, 3.05) is 0 Å². The summed E-state index contributed by atoms with van der Waals surface area (Å²) in [6.07, 6.45) is 7.37. The Bertz CT molecular complexity index is 264. The van der Waals surface area contributed by atoms with Crippen molar-refractivity contribution >= 4 is 5.97 Å². The van der Waals surface area contributed by atoms with Gasteiger partial charge in [-0.25, -0.2) is 0 Å². The van der Waals surface area contributed by atoms with Crippen LogP contribution in [0.3, 0.4) is 0 Å². The molecule has 0 aromatic rings. The highest BCUT2D eigenvalue weighted by Crippen LogP contribution is 2.50. The molecule has 3 atom stereocenters. The predicted octanol–water partition coefficient (Wildman–Crippen LogP) is 2.46. The highest BCUT2D eigenvalue weighted by molar-refractivity contribution is 5.72. The van der Waals surface area contributed by atoms with E-state index in [0.29, 0.717) is 18.3 Å². The second kappa shape index (κ2) is 3.26. The van der Waals surface area contributed by atoms with E-state index in [1.54, 1.807) is 0 Å². The third kappa shape index (κ3) is 1.13. The van der Waals surface area contributed by atoms with Crippen LogP contribution in [0.15, 0.2) is 25.3 Å². The van der Waals surface area contributed by atoms with E-state index in [1.165, 1.54) is 0 Å². The molecule has 2 heteroatoms. The van der Waals surface area contributed by atoms with Gasteiger partial charge in [0.05, 0.1) is 0 Å². The van der Waals surface area contributed by atoms with E-state index in [-0.39, 0.29) is 11.6 Å². The molecule has 0 aromatic heterocycles. The lowest BCUT2D eigenvalue weighted by molar-refractivity contribution is -0.152. The van der Waals surface area contributed by atoms with E-state index in [4.69, 9.17) is 4.74 Å². The van der Waals surface area contributed by atoms with Crippen molar-refractivity contribution in [3.8, 4) is 0 Å². The molecule has 2 nitrogen and oxygen atoms in total. The van der Waals surface area contributed by atoms with Gasteiger partial charge in [0.15, 0.2) is 0 Å². The van der Waals surface area contributed by atoms with Gasteiger partial charge in [-0.15, -0.1) is 13.2 Å². The van der Waals surface area contributed by atoms with Crippen molar-refractivity contribution in [2.24, 2.45) is 11.8 Å². The Hall–Kier alpha value is -1.05. The van der Waals surface area contributed by atoms with Crippen LogP contribution < -0.4 is 0 Å². The molecule has 1 aliphatic heterocycles. The maximum atomic E-state index is 11.2. The average molecular weight is 192 g/mol. The number of carbonyl (C=O) groups is 1. The number of ether oxygens (including phenoxy) is 1. The van der Waals surface area contributed by atoms with Crippen LogP contribution in [0.5, 0.6) is 0 Å². The summed E-state index contributed by atoms with van der Waals surface area (Å²) in [4.78, 5) is 11.2. The van der Waals surface area contributed by atoms with Gasteiger partial charge >= 0.3 is 5.97 Å². The first-order valence-corrected chi connectivity index (χ1v) is 5.20. The topological polar surface area (TPSA) is 26.3 Å². The van der Waals surface area contributed by atoms with Gasteiger partial charge in [0, 0.05) is 18.3 Å². The van der Waals surface area contributed by atoms with Crippen molar-refractivity contribution < 1.29 is 9.53 Å². The third-order valence-corrected chi connectivity index (χ3v) is 3.64. The molecule has 2 rings (SSSR count). The zero-order valence-electron chi connectivity index (χ0n) is 8.37. The summed E-state index contributed by atoms with van der Waals surface area (Å²) in [7, 11) is 0. The number of hydrogen-bond acceptors (Lipinski definition) is 2. The Kier molecular flexibility index (Phi) is 2.22. The van der Waals surface area contributed by atoms with Gasteiger partial charge < -0.3 is 4.74 Å². The van der Waals surface area contributed by atoms with E-state index in [2.05, 4.69) is 13.2 Å². The van der Waals surface area contributed by atoms with Gasteiger partial charge in [0.2, 0.25) is 0 Å².